The lowest BCUT2D eigenvalue weighted by atomic mass is 10.2. The highest BCUT2D eigenvalue weighted by molar-refractivity contribution is 7.11. The Balaban J connectivity index is 1.97. The Labute approximate surface area is 140 Å². The Morgan fingerprint density at radius 1 is 1.17 bits per heavy atom. The quantitative estimate of drug-likeness (QED) is 0.560. The molecule has 0 radical (unpaired) electrons. The first-order valence-corrected chi connectivity index (χ1v) is 8.51. The number of phenols is 1. The number of thiophene rings is 1. The Kier molecular flexibility index (Phi) is 6.40. The van der Waals surface area contributed by atoms with E-state index in [9.17, 15) is 9.50 Å². The number of aromatic hydroxyl groups is 1. The lowest BCUT2D eigenvalue weighted by Crippen LogP contribution is -2.36. The first-order valence-electron chi connectivity index (χ1n) is 7.69. The van der Waals surface area contributed by atoms with Gasteiger partial charge >= 0.3 is 0 Å². The molecule has 0 aliphatic rings. The van der Waals surface area contributed by atoms with Gasteiger partial charge in [-0.1, -0.05) is 13.0 Å². The topological polar surface area (TPSA) is 56.7 Å². The molecule has 1 heterocycles. The highest BCUT2D eigenvalue weighted by atomic mass is 32.1. The summed E-state index contributed by atoms with van der Waals surface area (Å²) in [5.41, 5.74) is 0.710. The molecule has 0 atom stereocenters. The van der Waals surface area contributed by atoms with Crippen molar-refractivity contribution in [1.29, 1.82) is 0 Å². The molecule has 0 unspecified atom stereocenters. The lowest BCUT2D eigenvalue weighted by Gasteiger charge is -2.10. The fourth-order valence-electron chi connectivity index (χ4n) is 2.04. The Hall–Kier alpha value is -2.08. The van der Waals surface area contributed by atoms with E-state index in [0.29, 0.717) is 24.6 Å². The third-order valence-electron chi connectivity index (χ3n) is 3.27. The number of nitrogens with one attached hydrogen (secondary N) is 2. The van der Waals surface area contributed by atoms with Crippen molar-refractivity contribution in [2.75, 3.05) is 6.54 Å². The van der Waals surface area contributed by atoms with Crippen LogP contribution in [-0.2, 0) is 19.5 Å². The molecule has 0 spiro atoms. The van der Waals surface area contributed by atoms with Crippen LogP contribution in [0.2, 0.25) is 0 Å². The minimum Gasteiger partial charge on any atom is -0.505 e. The van der Waals surface area contributed by atoms with Crippen LogP contribution in [0.15, 0.2) is 35.3 Å². The molecular formula is C17H22FN3OS. The van der Waals surface area contributed by atoms with Crippen molar-refractivity contribution in [3.63, 3.8) is 0 Å². The van der Waals surface area contributed by atoms with Gasteiger partial charge in [0.25, 0.3) is 0 Å². The fraction of sp³-hybridized carbons (Fsp3) is 0.353. The van der Waals surface area contributed by atoms with Crippen LogP contribution in [0, 0.1) is 5.82 Å². The Morgan fingerprint density at radius 2 is 1.96 bits per heavy atom. The van der Waals surface area contributed by atoms with Gasteiger partial charge in [0.2, 0.25) is 0 Å². The van der Waals surface area contributed by atoms with Gasteiger partial charge in [0.1, 0.15) is 0 Å². The van der Waals surface area contributed by atoms with Crippen LogP contribution in [0.5, 0.6) is 5.75 Å². The number of halogens is 1. The molecule has 23 heavy (non-hydrogen) atoms. The number of hydrogen-bond acceptors (Lipinski definition) is 3. The third-order valence-corrected chi connectivity index (χ3v) is 4.50. The second-order valence-corrected chi connectivity index (χ2v) is 6.31. The Bertz CT molecular complexity index is 670. The van der Waals surface area contributed by atoms with Crippen LogP contribution in [0.25, 0.3) is 0 Å². The molecule has 0 bridgehead atoms. The highest BCUT2D eigenvalue weighted by Crippen LogP contribution is 2.17. The number of nitrogens with zero attached hydrogens (tertiary/aromatic N) is 1. The average Bonchev–Trinajstić information content (AvgIpc) is 3.01. The molecule has 0 amide bonds. The number of aryl methyl sites for hydroxylation is 1. The van der Waals surface area contributed by atoms with Crippen molar-refractivity contribution in [1.82, 2.24) is 10.6 Å². The minimum absolute atomic E-state index is 0.341. The van der Waals surface area contributed by atoms with Crippen LogP contribution in [0.4, 0.5) is 4.39 Å². The summed E-state index contributed by atoms with van der Waals surface area (Å²) in [7, 11) is 0. The zero-order valence-corrected chi connectivity index (χ0v) is 14.2. The van der Waals surface area contributed by atoms with Crippen molar-refractivity contribution in [2.24, 2.45) is 4.99 Å². The number of benzene rings is 1. The SMILES string of the molecule is CCNC(=NCc1ccc(O)c(F)c1)NCc1ccc(CC)s1. The van der Waals surface area contributed by atoms with E-state index in [1.807, 2.05) is 6.92 Å². The summed E-state index contributed by atoms with van der Waals surface area (Å²) < 4.78 is 13.3. The van der Waals surface area contributed by atoms with Crippen LogP contribution in [-0.4, -0.2) is 17.6 Å². The monoisotopic (exact) mass is 335 g/mol. The molecule has 1 aromatic heterocycles. The third kappa shape index (κ3) is 5.25. The first kappa shape index (κ1) is 17.3. The van der Waals surface area contributed by atoms with Gasteiger partial charge in [-0.25, -0.2) is 9.38 Å². The number of aliphatic imine (C=N–C) groups is 1. The molecule has 0 saturated carbocycles. The molecule has 2 aromatic rings. The molecule has 0 saturated heterocycles. The summed E-state index contributed by atoms with van der Waals surface area (Å²) in [4.78, 5) is 7.06. The van der Waals surface area contributed by atoms with E-state index in [4.69, 9.17) is 0 Å². The van der Waals surface area contributed by atoms with E-state index in [1.165, 1.54) is 21.9 Å². The van der Waals surface area contributed by atoms with Crippen LogP contribution < -0.4 is 10.6 Å². The van der Waals surface area contributed by atoms with Crippen LogP contribution in [0.1, 0.15) is 29.2 Å². The summed E-state index contributed by atoms with van der Waals surface area (Å²) in [5.74, 6) is -0.277. The molecule has 124 valence electrons. The lowest BCUT2D eigenvalue weighted by molar-refractivity contribution is 0.432. The molecule has 2 rings (SSSR count). The van der Waals surface area contributed by atoms with E-state index < -0.39 is 5.82 Å². The van der Waals surface area contributed by atoms with Crippen molar-refractivity contribution in [3.8, 4) is 5.75 Å². The second kappa shape index (κ2) is 8.53. The molecule has 6 heteroatoms. The summed E-state index contributed by atoms with van der Waals surface area (Å²) in [6.07, 6.45) is 1.05. The van der Waals surface area contributed by atoms with Crippen LogP contribution in [0.3, 0.4) is 0 Å². The standard InChI is InChI=1S/C17H22FN3OS/c1-3-13-6-7-14(23-13)11-21-17(19-4-2)20-10-12-5-8-16(22)15(18)9-12/h5-9,22H,3-4,10-11H2,1-2H3,(H2,19,20,21). The Morgan fingerprint density at radius 3 is 2.61 bits per heavy atom. The number of guanidine groups is 1. The maximum Gasteiger partial charge on any atom is 0.191 e. The zero-order valence-electron chi connectivity index (χ0n) is 13.4. The average molecular weight is 335 g/mol. The molecule has 0 fully saturated rings. The van der Waals surface area contributed by atoms with E-state index in [2.05, 4.69) is 34.7 Å². The predicted molar refractivity (Wildman–Crippen MR) is 93.4 cm³/mol. The smallest absolute Gasteiger partial charge is 0.191 e. The van der Waals surface area contributed by atoms with Crippen molar-refractivity contribution < 1.29 is 9.50 Å². The van der Waals surface area contributed by atoms with E-state index in [0.717, 1.165) is 13.0 Å². The fourth-order valence-corrected chi connectivity index (χ4v) is 2.94. The first-order chi connectivity index (χ1) is 11.1. The molecule has 1 aromatic carbocycles. The second-order valence-electron chi connectivity index (χ2n) is 5.06. The maximum absolute atomic E-state index is 13.3. The molecule has 3 N–H and O–H groups in total. The maximum atomic E-state index is 13.3. The predicted octanol–water partition coefficient (Wildman–Crippen LogP) is 3.41. The van der Waals surface area contributed by atoms with E-state index in [-0.39, 0.29) is 5.75 Å². The highest BCUT2D eigenvalue weighted by Gasteiger charge is 2.03. The van der Waals surface area contributed by atoms with Crippen molar-refractivity contribution in [2.45, 2.75) is 33.4 Å². The zero-order chi connectivity index (χ0) is 16.7. The summed E-state index contributed by atoms with van der Waals surface area (Å²) in [5, 5.41) is 15.7. The summed E-state index contributed by atoms with van der Waals surface area (Å²) >= 11 is 1.79. The number of rotatable bonds is 6. The molecular weight excluding hydrogens is 313 g/mol. The van der Waals surface area contributed by atoms with Gasteiger partial charge in [-0.15, -0.1) is 11.3 Å². The molecule has 0 aliphatic heterocycles. The summed E-state index contributed by atoms with van der Waals surface area (Å²) in [6, 6.07) is 8.58. The van der Waals surface area contributed by atoms with Gasteiger partial charge in [-0.05, 0) is 43.2 Å². The number of phenolic OH excluding ortho intramolecular Hbond substituents is 1. The summed E-state index contributed by atoms with van der Waals surface area (Å²) in [6.45, 7) is 5.95. The van der Waals surface area contributed by atoms with Gasteiger partial charge in [-0.2, -0.15) is 0 Å². The number of hydrogen-bond donors (Lipinski definition) is 3. The van der Waals surface area contributed by atoms with Crippen LogP contribution >= 0.6 is 11.3 Å². The van der Waals surface area contributed by atoms with Crippen molar-refractivity contribution in [3.05, 3.63) is 51.5 Å². The van der Waals surface area contributed by atoms with E-state index in [1.54, 1.807) is 17.4 Å². The minimum atomic E-state index is -0.624. The molecule has 4 nitrogen and oxygen atoms in total. The van der Waals surface area contributed by atoms with Gasteiger partial charge in [0.15, 0.2) is 17.5 Å². The normalized spacial score (nSPS) is 11.5. The largest absolute Gasteiger partial charge is 0.505 e. The van der Waals surface area contributed by atoms with Gasteiger partial charge in [0, 0.05) is 16.3 Å². The van der Waals surface area contributed by atoms with Gasteiger partial charge < -0.3 is 15.7 Å². The van der Waals surface area contributed by atoms with E-state index >= 15 is 0 Å². The molecule has 0 aliphatic carbocycles. The van der Waals surface area contributed by atoms with Gasteiger partial charge in [-0.3, -0.25) is 0 Å². The van der Waals surface area contributed by atoms with Crippen molar-refractivity contribution >= 4 is 17.3 Å². The van der Waals surface area contributed by atoms with Gasteiger partial charge in [0.05, 0.1) is 13.1 Å².